The Labute approximate surface area is 157 Å². The van der Waals surface area contributed by atoms with Crippen molar-refractivity contribution in [1.29, 1.82) is 0 Å². The molecule has 7 nitrogen and oxygen atoms in total. The normalized spacial score (nSPS) is 18.5. The van der Waals surface area contributed by atoms with Crippen molar-refractivity contribution >= 4 is 39.0 Å². The number of sulfone groups is 1. The van der Waals surface area contributed by atoms with Gasteiger partial charge in [-0.15, -0.1) is 0 Å². The van der Waals surface area contributed by atoms with Crippen LogP contribution in [0.4, 0.5) is 11.6 Å². The van der Waals surface area contributed by atoms with Gasteiger partial charge in [0.15, 0.2) is 9.84 Å². The smallest absolute Gasteiger partial charge is 0.257 e. The lowest BCUT2D eigenvalue weighted by atomic mass is 10.2. The van der Waals surface area contributed by atoms with Crippen LogP contribution >= 0.6 is 11.6 Å². The van der Waals surface area contributed by atoms with Gasteiger partial charge in [-0.3, -0.25) is 4.79 Å². The zero-order valence-electron chi connectivity index (χ0n) is 14.2. The first-order valence-corrected chi connectivity index (χ1v) is 10.4. The van der Waals surface area contributed by atoms with Crippen molar-refractivity contribution in [3.05, 3.63) is 47.2 Å². The number of halogens is 1. The summed E-state index contributed by atoms with van der Waals surface area (Å²) in [5.74, 6) is 0.193. The van der Waals surface area contributed by atoms with Crippen LogP contribution < -0.4 is 5.32 Å². The van der Waals surface area contributed by atoms with E-state index in [0.717, 1.165) is 0 Å². The van der Waals surface area contributed by atoms with E-state index in [-0.39, 0.29) is 23.5 Å². The Morgan fingerprint density at radius 3 is 2.58 bits per heavy atom. The first-order valence-electron chi connectivity index (χ1n) is 8.24. The van der Waals surface area contributed by atoms with Crippen LogP contribution in [0.2, 0.25) is 5.02 Å². The second kappa shape index (κ2) is 7.59. The highest BCUT2D eigenvalue weighted by Gasteiger charge is 2.34. The van der Waals surface area contributed by atoms with Crippen molar-refractivity contribution in [2.75, 3.05) is 23.4 Å². The van der Waals surface area contributed by atoms with Crippen LogP contribution in [0, 0.1) is 0 Å². The lowest BCUT2D eigenvalue weighted by Gasteiger charge is -2.26. The van der Waals surface area contributed by atoms with E-state index in [1.165, 1.54) is 12.4 Å². The van der Waals surface area contributed by atoms with Crippen molar-refractivity contribution < 1.29 is 13.2 Å². The molecule has 26 heavy (non-hydrogen) atoms. The highest BCUT2D eigenvalue weighted by atomic mass is 35.5. The number of benzene rings is 1. The van der Waals surface area contributed by atoms with E-state index in [4.69, 9.17) is 11.6 Å². The van der Waals surface area contributed by atoms with E-state index < -0.39 is 9.84 Å². The molecule has 2 heterocycles. The lowest BCUT2D eigenvalue weighted by Crippen LogP contribution is -2.41. The third-order valence-corrected chi connectivity index (χ3v) is 6.35. The number of anilines is 2. The first-order chi connectivity index (χ1) is 12.4. The third-order valence-electron chi connectivity index (χ3n) is 4.27. The van der Waals surface area contributed by atoms with Gasteiger partial charge in [0, 0.05) is 25.0 Å². The Morgan fingerprint density at radius 2 is 2.00 bits per heavy atom. The van der Waals surface area contributed by atoms with Crippen LogP contribution in [0.1, 0.15) is 23.7 Å². The minimum atomic E-state index is -3.06. The molecular formula is C17H19ClN4O3S. The number of carbonyl (C=O) groups is 1. The summed E-state index contributed by atoms with van der Waals surface area (Å²) in [5.41, 5.74) is 0.987. The maximum absolute atomic E-state index is 12.7. The first kappa shape index (κ1) is 18.6. The van der Waals surface area contributed by atoms with Gasteiger partial charge < -0.3 is 10.2 Å². The number of rotatable bonds is 5. The molecule has 1 atom stereocenters. The van der Waals surface area contributed by atoms with Gasteiger partial charge in [0.1, 0.15) is 0 Å². The zero-order chi connectivity index (χ0) is 18.7. The summed E-state index contributed by atoms with van der Waals surface area (Å²) in [7, 11) is -3.06. The third kappa shape index (κ3) is 4.13. The van der Waals surface area contributed by atoms with E-state index in [1.54, 1.807) is 17.0 Å². The summed E-state index contributed by atoms with van der Waals surface area (Å²) in [5, 5.41) is 3.53. The number of nitrogens with one attached hydrogen (secondary N) is 1. The van der Waals surface area contributed by atoms with Gasteiger partial charge in [0.05, 0.1) is 27.8 Å². The molecule has 0 bridgehead atoms. The van der Waals surface area contributed by atoms with Crippen molar-refractivity contribution in [2.45, 2.75) is 19.4 Å². The summed E-state index contributed by atoms with van der Waals surface area (Å²) in [6.07, 6.45) is 3.33. The van der Waals surface area contributed by atoms with Gasteiger partial charge in [-0.1, -0.05) is 23.7 Å². The van der Waals surface area contributed by atoms with E-state index in [1.807, 2.05) is 19.1 Å². The minimum Gasteiger partial charge on any atom is -0.335 e. The Kier molecular flexibility index (Phi) is 5.43. The topological polar surface area (TPSA) is 92.3 Å². The molecule has 2 aromatic rings. The summed E-state index contributed by atoms with van der Waals surface area (Å²) >= 11 is 6.08. The molecule has 9 heteroatoms. The molecule has 1 N–H and O–H groups in total. The van der Waals surface area contributed by atoms with E-state index in [9.17, 15) is 13.2 Å². The molecule has 1 saturated heterocycles. The summed E-state index contributed by atoms with van der Waals surface area (Å²) in [6.45, 7) is 2.26. The number of carbonyl (C=O) groups excluding carboxylic acids is 1. The molecular weight excluding hydrogens is 376 g/mol. The standard InChI is InChI=1S/C17H19ClN4O3S/c1-2-22(13-7-8-26(24,25)11-13)16(23)12-9-19-17(20-10-12)21-15-6-4-3-5-14(15)18/h3-6,9-10,13H,2,7-8,11H2,1H3,(H,19,20,21). The largest absolute Gasteiger partial charge is 0.335 e. The fourth-order valence-corrected chi connectivity index (χ4v) is 4.85. The van der Waals surface area contributed by atoms with Crippen LogP contribution in [-0.4, -0.2) is 53.3 Å². The van der Waals surface area contributed by atoms with Crippen molar-refractivity contribution in [1.82, 2.24) is 14.9 Å². The van der Waals surface area contributed by atoms with Crippen LogP contribution in [0.15, 0.2) is 36.7 Å². The molecule has 1 aliphatic rings. The summed E-state index contributed by atoms with van der Waals surface area (Å²) in [4.78, 5) is 22.6. The van der Waals surface area contributed by atoms with Gasteiger partial charge in [-0.05, 0) is 25.5 Å². The van der Waals surface area contributed by atoms with Crippen molar-refractivity contribution in [2.24, 2.45) is 0 Å². The maximum Gasteiger partial charge on any atom is 0.257 e. The van der Waals surface area contributed by atoms with Crippen LogP contribution in [0.5, 0.6) is 0 Å². The SMILES string of the molecule is CCN(C(=O)c1cnc(Nc2ccccc2Cl)nc1)C1CCS(=O)(=O)C1. The molecule has 1 aliphatic heterocycles. The molecule has 1 amide bonds. The predicted molar refractivity (Wildman–Crippen MR) is 101 cm³/mol. The number of hydrogen-bond acceptors (Lipinski definition) is 6. The number of nitrogens with zero attached hydrogens (tertiary/aromatic N) is 3. The van der Waals surface area contributed by atoms with Crippen LogP contribution in [-0.2, 0) is 9.84 Å². The van der Waals surface area contributed by atoms with Gasteiger partial charge in [0.2, 0.25) is 5.95 Å². The molecule has 0 radical (unpaired) electrons. The maximum atomic E-state index is 12.7. The molecule has 0 spiro atoms. The molecule has 0 saturated carbocycles. The average molecular weight is 395 g/mol. The zero-order valence-corrected chi connectivity index (χ0v) is 15.8. The molecule has 1 aromatic heterocycles. The van der Waals surface area contributed by atoms with E-state index in [2.05, 4.69) is 15.3 Å². The lowest BCUT2D eigenvalue weighted by molar-refractivity contribution is 0.0707. The van der Waals surface area contributed by atoms with Gasteiger partial charge >= 0.3 is 0 Å². The monoisotopic (exact) mass is 394 g/mol. The number of amides is 1. The van der Waals surface area contributed by atoms with Gasteiger partial charge in [-0.2, -0.15) is 0 Å². The fraction of sp³-hybridized carbons (Fsp3) is 0.353. The van der Waals surface area contributed by atoms with Gasteiger partial charge in [-0.25, -0.2) is 18.4 Å². The summed E-state index contributed by atoms with van der Waals surface area (Å²) < 4.78 is 23.4. The van der Waals surface area contributed by atoms with Crippen LogP contribution in [0.25, 0.3) is 0 Å². The van der Waals surface area contributed by atoms with Crippen molar-refractivity contribution in [3.63, 3.8) is 0 Å². The van der Waals surface area contributed by atoms with Gasteiger partial charge in [0.25, 0.3) is 5.91 Å². The second-order valence-electron chi connectivity index (χ2n) is 6.05. The molecule has 1 unspecified atom stereocenters. The Hall–Kier alpha value is -2.19. The van der Waals surface area contributed by atoms with E-state index in [0.29, 0.717) is 35.2 Å². The Morgan fingerprint density at radius 1 is 1.31 bits per heavy atom. The number of para-hydroxylation sites is 1. The Bertz CT molecular complexity index is 902. The molecule has 138 valence electrons. The van der Waals surface area contributed by atoms with Crippen LogP contribution in [0.3, 0.4) is 0 Å². The quantitative estimate of drug-likeness (QED) is 0.837. The predicted octanol–water partition coefficient (Wildman–Crippen LogP) is 2.52. The number of aromatic nitrogens is 2. The Balaban J connectivity index is 1.73. The molecule has 1 aromatic carbocycles. The van der Waals surface area contributed by atoms with E-state index >= 15 is 0 Å². The highest BCUT2D eigenvalue weighted by Crippen LogP contribution is 2.23. The molecule has 1 fully saturated rings. The second-order valence-corrected chi connectivity index (χ2v) is 8.68. The average Bonchev–Trinajstić information content (AvgIpc) is 2.98. The molecule has 0 aliphatic carbocycles. The summed E-state index contributed by atoms with van der Waals surface area (Å²) in [6, 6.07) is 6.90. The fourth-order valence-electron chi connectivity index (χ4n) is 2.94. The highest BCUT2D eigenvalue weighted by molar-refractivity contribution is 7.91. The number of hydrogen-bond donors (Lipinski definition) is 1. The minimum absolute atomic E-state index is 0.0135. The van der Waals surface area contributed by atoms with Crippen molar-refractivity contribution in [3.8, 4) is 0 Å². The molecule has 3 rings (SSSR count).